The summed E-state index contributed by atoms with van der Waals surface area (Å²) in [5.74, 6) is 3.61. The molecule has 9 aliphatic carbocycles. The summed E-state index contributed by atoms with van der Waals surface area (Å²) in [7, 11) is 0. The SMILES string of the molecule is CCCCCC1CC2(C=O)C3CCC45CCC#Cc6ccccc6CC(NCO)C6CC(CC4(O)C3(O)C(O)C3CC4C(C=CCC4C4CCCC4)CC(C1O)C32O)C5C1=CC(=O)OC16. The zero-order valence-electron chi connectivity index (χ0n) is 38.3. The summed E-state index contributed by atoms with van der Waals surface area (Å²) in [6, 6.07) is 7.71. The Morgan fingerprint density at radius 2 is 1.74 bits per heavy atom. The van der Waals surface area contributed by atoms with Crippen LogP contribution in [0.4, 0.5) is 0 Å². The van der Waals surface area contributed by atoms with E-state index in [1.165, 1.54) is 12.8 Å². The number of aldehydes is 1. The van der Waals surface area contributed by atoms with Gasteiger partial charge in [0.15, 0.2) is 0 Å². The highest BCUT2D eigenvalue weighted by atomic mass is 16.5. The van der Waals surface area contributed by atoms with Gasteiger partial charge in [-0.15, -0.1) is 0 Å². The molecule has 7 N–H and O–H groups in total. The number of aliphatic hydroxyl groups excluding tert-OH is 3. The second kappa shape index (κ2) is 16.4. The van der Waals surface area contributed by atoms with Gasteiger partial charge in [-0.05, 0) is 129 Å². The lowest BCUT2D eigenvalue weighted by Crippen LogP contribution is -2.85. The lowest BCUT2D eigenvalue weighted by Gasteiger charge is -2.73. The van der Waals surface area contributed by atoms with E-state index in [0.717, 1.165) is 61.5 Å². The van der Waals surface area contributed by atoms with Gasteiger partial charge in [-0.2, -0.15) is 0 Å². The lowest BCUT2D eigenvalue weighted by molar-refractivity contribution is -0.379. The van der Waals surface area contributed by atoms with Crippen molar-refractivity contribution >= 4 is 12.3 Å². The number of rotatable bonds is 8. The van der Waals surface area contributed by atoms with Gasteiger partial charge in [0, 0.05) is 53.2 Å². The van der Waals surface area contributed by atoms with Crippen LogP contribution >= 0.6 is 0 Å². The van der Waals surface area contributed by atoms with Crippen LogP contribution in [-0.2, 0) is 20.7 Å². The number of ether oxygens (including phenoxy) is 1. The van der Waals surface area contributed by atoms with E-state index < -0.39 is 69.7 Å². The Morgan fingerprint density at radius 3 is 2.52 bits per heavy atom. The summed E-state index contributed by atoms with van der Waals surface area (Å²) in [6.07, 6.45) is 17.0. The number of aliphatic hydroxyl groups is 6. The molecule has 19 atom stereocenters. The van der Waals surface area contributed by atoms with Crippen molar-refractivity contribution in [3.8, 4) is 11.8 Å². The van der Waals surface area contributed by atoms with Crippen molar-refractivity contribution in [2.75, 3.05) is 6.73 Å². The number of esters is 1. The molecule has 0 radical (unpaired) electrons. The van der Waals surface area contributed by atoms with Crippen LogP contribution in [0.25, 0.3) is 0 Å². The third-order valence-corrected chi connectivity index (χ3v) is 21.1. The van der Waals surface area contributed by atoms with Gasteiger partial charge in [-0.1, -0.05) is 94.1 Å². The van der Waals surface area contributed by atoms with Crippen LogP contribution < -0.4 is 5.32 Å². The summed E-state index contributed by atoms with van der Waals surface area (Å²) in [5.41, 5.74) is -5.86. The van der Waals surface area contributed by atoms with E-state index in [1.807, 2.05) is 18.2 Å². The van der Waals surface area contributed by atoms with Crippen LogP contribution in [0.2, 0.25) is 0 Å². The summed E-state index contributed by atoms with van der Waals surface area (Å²) < 4.78 is 6.25. The highest BCUT2D eigenvalue weighted by molar-refractivity contribution is 5.86. The van der Waals surface area contributed by atoms with E-state index in [2.05, 4.69) is 42.3 Å². The predicted molar refractivity (Wildman–Crippen MR) is 243 cm³/mol. The molecule has 0 saturated heterocycles. The van der Waals surface area contributed by atoms with Crippen molar-refractivity contribution in [1.82, 2.24) is 5.32 Å². The van der Waals surface area contributed by atoms with Crippen LogP contribution in [0.15, 0.2) is 48.1 Å². The summed E-state index contributed by atoms with van der Waals surface area (Å²) in [4.78, 5) is 28.3. The maximum Gasteiger partial charge on any atom is 0.331 e. The minimum atomic E-state index is -2.22. The molecule has 352 valence electrons. The molecule has 1 aromatic rings. The topological polar surface area (TPSA) is 177 Å². The Kier molecular flexibility index (Phi) is 11.2. The maximum absolute atomic E-state index is 14.7. The van der Waals surface area contributed by atoms with E-state index >= 15 is 0 Å². The van der Waals surface area contributed by atoms with E-state index in [1.54, 1.807) is 6.08 Å². The van der Waals surface area contributed by atoms with Crippen molar-refractivity contribution in [2.45, 2.75) is 170 Å². The molecule has 7 saturated carbocycles. The smallest absolute Gasteiger partial charge is 0.331 e. The minimum absolute atomic E-state index is 0.0474. The minimum Gasteiger partial charge on any atom is -0.454 e. The highest BCUT2D eigenvalue weighted by Crippen LogP contribution is 2.78. The van der Waals surface area contributed by atoms with Gasteiger partial charge >= 0.3 is 5.97 Å². The number of nitrogens with one attached hydrogen (secondary N) is 1. The standard InChI is InChI=1S/C55H73NO9/c1-2-3-4-17-36-28-52(30-57)45-20-22-51-21-10-9-13-32-12-5-8-16-34(32)25-44(56-31-58)40-23-37(47(51)41-27-46(59)65-49(40)41)29-53(51,62)55(45,64)50(61)43-26-39-35(24-42(48(36)60)54(43,52)63)18-11-19-38(39)33-14-6-7-15-33/h5,8,11-12,16,18,27,30,33,35-40,42-45,47-50,56,58,60-64H,2-4,6-7,10,14-15,17,19-26,28-29,31H2,1H3. The fourth-order valence-corrected chi connectivity index (χ4v) is 18.7. The van der Waals surface area contributed by atoms with Gasteiger partial charge in [0.2, 0.25) is 0 Å². The monoisotopic (exact) mass is 892 g/mol. The van der Waals surface area contributed by atoms with Crippen molar-refractivity contribution in [3.63, 3.8) is 0 Å². The van der Waals surface area contributed by atoms with Crippen LogP contribution in [0.5, 0.6) is 0 Å². The zero-order valence-corrected chi connectivity index (χ0v) is 38.3. The molecule has 7 fully saturated rings. The number of carbonyl (C=O) groups excluding carboxylic acids is 2. The Balaban J connectivity index is 1.09. The van der Waals surface area contributed by atoms with E-state index in [0.29, 0.717) is 63.2 Å². The number of unbranched alkanes of at least 4 members (excludes halogenated alkanes) is 2. The summed E-state index contributed by atoms with van der Waals surface area (Å²) in [6.45, 7) is 1.87. The molecule has 65 heavy (non-hydrogen) atoms. The van der Waals surface area contributed by atoms with Gasteiger partial charge in [0.05, 0.1) is 30.0 Å². The third-order valence-electron chi connectivity index (χ3n) is 21.1. The van der Waals surface area contributed by atoms with Crippen molar-refractivity contribution in [1.29, 1.82) is 0 Å². The first-order valence-electron chi connectivity index (χ1n) is 25.9. The Bertz CT molecular complexity index is 2160. The first-order chi connectivity index (χ1) is 31.4. The number of carbonyl (C=O) groups is 2. The van der Waals surface area contributed by atoms with Crippen LogP contribution in [0.1, 0.15) is 134 Å². The van der Waals surface area contributed by atoms with Crippen LogP contribution in [0.3, 0.4) is 0 Å². The first kappa shape index (κ1) is 44.6. The van der Waals surface area contributed by atoms with Crippen molar-refractivity contribution in [2.24, 2.45) is 75.9 Å². The molecule has 1 aliphatic heterocycles. The number of fused-ring (bicyclic) bond motifs is 8. The zero-order chi connectivity index (χ0) is 45.1. The molecule has 1 aromatic carbocycles. The number of hydrogen-bond donors (Lipinski definition) is 7. The van der Waals surface area contributed by atoms with Crippen molar-refractivity contribution in [3.05, 3.63) is 59.2 Å². The van der Waals surface area contributed by atoms with Crippen molar-refractivity contribution < 1.29 is 45.0 Å². The Hall–Kier alpha value is -2.88. The predicted octanol–water partition coefficient (Wildman–Crippen LogP) is 5.93. The normalized spacial score (nSPS) is 49.4. The van der Waals surface area contributed by atoms with Gasteiger partial charge in [-0.25, -0.2) is 4.79 Å². The molecule has 10 heteroatoms. The number of hydrogen-bond acceptors (Lipinski definition) is 10. The molecular formula is C55H73NO9. The molecule has 1 heterocycles. The summed E-state index contributed by atoms with van der Waals surface area (Å²) >= 11 is 0. The van der Waals surface area contributed by atoms with Gasteiger partial charge in [-0.3, -0.25) is 5.32 Å². The highest BCUT2D eigenvalue weighted by Gasteiger charge is 2.86. The van der Waals surface area contributed by atoms with E-state index in [-0.39, 0.29) is 67.5 Å². The van der Waals surface area contributed by atoms with E-state index in [9.17, 15) is 40.2 Å². The second-order valence-corrected chi connectivity index (χ2v) is 23.2. The van der Waals surface area contributed by atoms with Gasteiger partial charge in [0.1, 0.15) is 23.6 Å². The van der Waals surface area contributed by atoms with E-state index in [4.69, 9.17) is 4.74 Å². The van der Waals surface area contributed by atoms with Crippen LogP contribution in [0, 0.1) is 87.8 Å². The third kappa shape index (κ3) is 6.10. The molecule has 10 nitrogen and oxygen atoms in total. The maximum atomic E-state index is 14.7. The molecule has 0 amide bonds. The number of benzene rings is 1. The molecular weight excluding hydrogens is 819 g/mol. The Labute approximate surface area is 385 Å². The average Bonchev–Trinajstić information content (AvgIpc) is 4.01. The molecule has 19 unspecified atom stereocenters. The van der Waals surface area contributed by atoms with Crippen LogP contribution in [-0.4, -0.2) is 90.8 Å². The van der Waals surface area contributed by atoms with Gasteiger partial charge < -0.3 is 40.2 Å². The summed E-state index contributed by atoms with van der Waals surface area (Å²) in [5, 5.41) is 83.0. The molecule has 0 aromatic heterocycles. The lowest BCUT2D eigenvalue weighted by atomic mass is 9.34. The first-order valence-corrected chi connectivity index (χ1v) is 25.9. The van der Waals surface area contributed by atoms with Gasteiger partial charge in [0.25, 0.3) is 0 Å². The Morgan fingerprint density at radius 1 is 0.923 bits per heavy atom. The fourth-order valence-electron chi connectivity index (χ4n) is 18.7. The fraction of sp³-hybridized carbons (Fsp3) is 0.745. The second-order valence-electron chi connectivity index (χ2n) is 23.2. The largest absolute Gasteiger partial charge is 0.454 e. The molecule has 10 aliphatic rings. The molecule has 11 rings (SSSR count). The molecule has 1 spiro atoms. The number of allylic oxidation sites excluding steroid dienone is 2. The molecule has 4 bridgehead atoms. The average molecular weight is 892 g/mol. The quantitative estimate of drug-likeness (QED) is 0.0414.